The fourth-order valence-corrected chi connectivity index (χ4v) is 3.64. The minimum atomic E-state index is 0.135. The first-order valence-corrected chi connectivity index (χ1v) is 8.10. The Hall–Kier alpha value is -1.36. The fourth-order valence-electron chi connectivity index (χ4n) is 3.64. The van der Waals surface area contributed by atoms with Gasteiger partial charge < -0.3 is 15.0 Å². The van der Waals surface area contributed by atoms with E-state index < -0.39 is 0 Å². The van der Waals surface area contributed by atoms with Crippen molar-refractivity contribution < 1.29 is 4.74 Å². The molecule has 5 heteroatoms. The fraction of sp³-hybridized carbons (Fsp3) is 0.750. The van der Waals surface area contributed by atoms with Gasteiger partial charge in [0.2, 0.25) is 11.8 Å². The van der Waals surface area contributed by atoms with Gasteiger partial charge in [0.15, 0.2) is 0 Å². The topological polar surface area (TPSA) is 50.3 Å². The summed E-state index contributed by atoms with van der Waals surface area (Å²) in [4.78, 5) is 11.4. The van der Waals surface area contributed by atoms with Gasteiger partial charge in [-0.1, -0.05) is 6.42 Å². The molecule has 2 saturated heterocycles. The largest absolute Gasteiger partial charge is 0.475 e. The third-order valence-electron chi connectivity index (χ3n) is 4.66. The third-order valence-corrected chi connectivity index (χ3v) is 4.66. The summed E-state index contributed by atoms with van der Waals surface area (Å²) in [6, 6.07) is 3.72. The highest BCUT2D eigenvalue weighted by molar-refractivity contribution is 5.29. The van der Waals surface area contributed by atoms with Crippen LogP contribution < -0.4 is 10.1 Å². The van der Waals surface area contributed by atoms with Crippen molar-refractivity contribution in [1.82, 2.24) is 14.9 Å². The summed E-state index contributed by atoms with van der Waals surface area (Å²) >= 11 is 0. The van der Waals surface area contributed by atoms with Gasteiger partial charge in [-0.15, -0.1) is 0 Å². The lowest BCUT2D eigenvalue weighted by Gasteiger charge is -2.47. The van der Waals surface area contributed by atoms with Crippen LogP contribution in [0.1, 0.15) is 46.0 Å². The van der Waals surface area contributed by atoms with Crippen molar-refractivity contribution in [2.24, 2.45) is 0 Å². The smallest absolute Gasteiger partial charge is 0.226 e. The molecule has 0 aliphatic carbocycles. The molecule has 2 fully saturated rings. The summed E-state index contributed by atoms with van der Waals surface area (Å²) in [7, 11) is 2.28. The van der Waals surface area contributed by atoms with E-state index in [1.807, 2.05) is 19.9 Å². The predicted molar refractivity (Wildman–Crippen MR) is 83.6 cm³/mol. The van der Waals surface area contributed by atoms with Gasteiger partial charge in [-0.25, -0.2) is 4.98 Å². The van der Waals surface area contributed by atoms with Crippen LogP contribution in [0.15, 0.2) is 12.3 Å². The van der Waals surface area contributed by atoms with Crippen LogP contribution in [0.4, 0.5) is 5.95 Å². The van der Waals surface area contributed by atoms with Crippen LogP contribution in [0.5, 0.6) is 5.88 Å². The summed E-state index contributed by atoms with van der Waals surface area (Å²) in [5.41, 5.74) is 0. The molecule has 0 aromatic carbocycles. The Kier molecular flexibility index (Phi) is 4.29. The molecule has 0 spiro atoms. The minimum absolute atomic E-state index is 0.135. The Morgan fingerprint density at radius 3 is 2.67 bits per heavy atom. The second-order valence-corrected chi connectivity index (χ2v) is 6.60. The molecule has 2 bridgehead atoms. The maximum Gasteiger partial charge on any atom is 0.226 e. The normalized spacial score (nSPS) is 29.4. The maximum atomic E-state index is 5.64. The van der Waals surface area contributed by atoms with Crippen LogP contribution in [-0.4, -0.2) is 46.1 Å². The SMILES string of the molecule is CC(C)Oc1ccnc(NC2CC3CCCC(C2)N3C)n1. The van der Waals surface area contributed by atoms with Crippen LogP contribution in [0.3, 0.4) is 0 Å². The second kappa shape index (κ2) is 6.18. The standard InChI is InChI=1S/C16H26N4O/c1-11(2)21-15-7-8-17-16(19-15)18-12-9-13-5-4-6-14(10-12)20(13)3/h7-8,11-14H,4-6,9-10H2,1-3H3,(H,17,18,19). The quantitative estimate of drug-likeness (QED) is 0.924. The molecule has 0 amide bonds. The molecule has 5 nitrogen and oxygen atoms in total. The Morgan fingerprint density at radius 2 is 2.00 bits per heavy atom. The predicted octanol–water partition coefficient (Wildman–Crippen LogP) is 2.69. The maximum absolute atomic E-state index is 5.64. The number of ether oxygens (including phenoxy) is 1. The lowest BCUT2D eigenvalue weighted by Crippen LogP contribution is -2.52. The van der Waals surface area contributed by atoms with E-state index in [4.69, 9.17) is 4.74 Å². The Morgan fingerprint density at radius 1 is 1.29 bits per heavy atom. The number of aromatic nitrogens is 2. The zero-order valence-corrected chi connectivity index (χ0v) is 13.2. The van der Waals surface area contributed by atoms with E-state index in [1.165, 1.54) is 32.1 Å². The van der Waals surface area contributed by atoms with Gasteiger partial charge in [0.05, 0.1) is 6.10 Å². The number of fused-ring (bicyclic) bond motifs is 2. The molecule has 3 heterocycles. The number of nitrogens with zero attached hydrogens (tertiary/aromatic N) is 3. The molecule has 2 aliphatic heterocycles. The first-order valence-electron chi connectivity index (χ1n) is 8.10. The molecule has 1 aromatic heterocycles. The summed E-state index contributed by atoms with van der Waals surface area (Å²) < 4.78 is 5.64. The molecule has 2 unspecified atom stereocenters. The van der Waals surface area contributed by atoms with Crippen LogP contribution in [-0.2, 0) is 0 Å². The van der Waals surface area contributed by atoms with E-state index in [2.05, 4.69) is 27.2 Å². The molecular formula is C16H26N4O. The molecule has 0 saturated carbocycles. The lowest BCUT2D eigenvalue weighted by atomic mass is 9.82. The third kappa shape index (κ3) is 3.46. The van der Waals surface area contributed by atoms with Gasteiger partial charge in [-0.3, -0.25) is 0 Å². The minimum Gasteiger partial charge on any atom is -0.475 e. The second-order valence-electron chi connectivity index (χ2n) is 6.60. The van der Waals surface area contributed by atoms with Gasteiger partial charge in [0, 0.05) is 30.4 Å². The first-order chi connectivity index (χ1) is 10.1. The van der Waals surface area contributed by atoms with E-state index in [0.717, 1.165) is 0 Å². The summed E-state index contributed by atoms with van der Waals surface area (Å²) in [5.74, 6) is 1.34. The van der Waals surface area contributed by atoms with E-state index in [9.17, 15) is 0 Å². The lowest BCUT2D eigenvalue weighted by molar-refractivity contribution is 0.0607. The summed E-state index contributed by atoms with van der Waals surface area (Å²) in [6.07, 6.45) is 8.29. The molecule has 2 atom stereocenters. The van der Waals surface area contributed by atoms with Crippen molar-refractivity contribution in [1.29, 1.82) is 0 Å². The average Bonchev–Trinajstić information content (AvgIpc) is 2.39. The van der Waals surface area contributed by atoms with E-state index in [0.29, 0.717) is 30.0 Å². The van der Waals surface area contributed by atoms with Crippen molar-refractivity contribution in [3.8, 4) is 5.88 Å². The van der Waals surface area contributed by atoms with Gasteiger partial charge in [-0.05, 0) is 46.6 Å². The number of nitrogens with one attached hydrogen (secondary N) is 1. The zero-order chi connectivity index (χ0) is 14.8. The van der Waals surface area contributed by atoms with E-state index in [-0.39, 0.29) is 6.10 Å². The highest BCUT2D eigenvalue weighted by atomic mass is 16.5. The van der Waals surface area contributed by atoms with Crippen LogP contribution in [0.2, 0.25) is 0 Å². The number of hydrogen-bond donors (Lipinski definition) is 1. The Bertz CT molecular complexity index is 465. The molecule has 2 aliphatic rings. The monoisotopic (exact) mass is 290 g/mol. The van der Waals surface area contributed by atoms with Gasteiger partial charge in [-0.2, -0.15) is 4.98 Å². The van der Waals surface area contributed by atoms with Gasteiger partial charge in [0.1, 0.15) is 0 Å². The van der Waals surface area contributed by atoms with Crippen LogP contribution >= 0.6 is 0 Å². The number of hydrogen-bond acceptors (Lipinski definition) is 5. The van der Waals surface area contributed by atoms with Crippen molar-refractivity contribution in [3.05, 3.63) is 12.3 Å². The molecular weight excluding hydrogens is 264 g/mol. The Labute approximate surface area is 127 Å². The summed E-state index contributed by atoms with van der Waals surface area (Å²) in [5, 5.41) is 3.51. The molecule has 0 radical (unpaired) electrons. The van der Waals surface area contributed by atoms with Crippen molar-refractivity contribution in [2.45, 2.75) is 70.2 Å². The first kappa shape index (κ1) is 14.6. The Balaban J connectivity index is 1.64. The number of rotatable bonds is 4. The van der Waals surface area contributed by atoms with Crippen LogP contribution in [0.25, 0.3) is 0 Å². The highest BCUT2D eigenvalue weighted by Crippen LogP contribution is 2.33. The summed E-state index contributed by atoms with van der Waals surface area (Å²) in [6.45, 7) is 4.01. The van der Waals surface area contributed by atoms with E-state index >= 15 is 0 Å². The van der Waals surface area contributed by atoms with E-state index in [1.54, 1.807) is 6.20 Å². The van der Waals surface area contributed by atoms with Gasteiger partial charge in [0.25, 0.3) is 0 Å². The molecule has 116 valence electrons. The average molecular weight is 290 g/mol. The number of piperidine rings is 2. The molecule has 21 heavy (non-hydrogen) atoms. The van der Waals surface area contributed by atoms with Crippen LogP contribution in [0, 0.1) is 0 Å². The zero-order valence-electron chi connectivity index (χ0n) is 13.2. The molecule has 1 N–H and O–H groups in total. The molecule has 3 rings (SSSR count). The van der Waals surface area contributed by atoms with Crippen molar-refractivity contribution in [3.63, 3.8) is 0 Å². The molecule has 1 aromatic rings. The number of anilines is 1. The highest BCUT2D eigenvalue weighted by Gasteiger charge is 2.36. The van der Waals surface area contributed by atoms with Gasteiger partial charge >= 0.3 is 0 Å². The van der Waals surface area contributed by atoms with Crippen molar-refractivity contribution in [2.75, 3.05) is 12.4 Å². The van der Waals surface area contributed by atoms with Crippen molar-refractivity contribution >= 4 is 5.95 Å².